The summed E-state index contributed by atoms with van der Waals surface area (Å²) in [5.74, 6) is 0.704. The van der Waals surface area contributed by atoms with E-state index < -0.39 is 0 Å². The van der Waals surface area contributed by atoms with Gasteiger partial charge in [-0.2, -0.15) is 0 Å². The van der Waals surface area contributed by atoms with Crippen LogP contribution in [0.5, 0.6) is 5.75 Å². The molecule has 1 amide bonds. The average molecular weight is 297 g/mol. The van der Waals surface area contributed by atoms with Gasteiger partial charge < -0.3 is 15.8 Å². The molecule has 4 nitrogen and oxygen atoms in total. The second-order valence-corrected chi connectivity index (χ2v) is 5.45. The van der Waals surface area contributed by atoms with Gasteiger partial charge in [-0.1, -0.05) is 25.4 Å². The molecule has 0 bridgehead atoms. The summed E-state index contributed by atoms with van der Waals surface area (Å²) < 4.78 is 5.64. The Kier molecular flexibility index (Phi) is 4.89. The monoisotopic (exact) mass is 296 g/mol. The molecule has 3 N–H and O–H groups in total. The second-order valence-electron chi connectivity index (χ2n) is 5.05. The zero-order valence-electron chi connectivity index (χ0n) is 11.9. The average Bonchev–Trinajstić information content (AvgIpc) is 2.46. The predicted molar refractivity (Wildman–Crippen MR) is 80.0 cm³/mol. The summed E-state index contributed by atoms with van der Waals surface area (Å²) >= 11 is 6.29. The van der Waals surface area contributed by atoms with Gasteiger partial charge in [0.1, 0.15) is 5.75 Å². The maximum absolute atomic E-state index is 11.6. The highest BCUT2D eigenvalue weighted by Gasteiger charge is 2.26. The van der Waals surface area contributed by atoms with Gasteiger partial charge in [-0.05, 0) is 24.1 Å². The van der Waals surface area contributed by atoms with Crippen molar-refractivity contribution < 1.29 is 9.53 Å². The van der Waals surface area contributed by atoms with Crippen LogP contribution in [0, 0.1) is 0 Å². The molecule has 110 valence electrons. The van der Waals surface area contributed by atoms with Gasteiger partial charge in [-0.25, -0.2) is 0 Å². The first-order valence-corrected chi connectivity index (χ1v) is 7.45. The molecule has 0 spiro atoms. The van der Waals surface area contributed by atoms with Crippen molar-refractivity contribution in [1.82, 2.24) is 5.32 Å². The Balaban J connectivity index is 2.37. The van der Waals surface area contributed by atoms with E-state index in [9.17, 15) is 4.79 Å². The summed E-state index contributed by atoms with van der Waals surface area (Å²) in [4.78, 5) is 11.6. The number of carbonyl (C=O) groups excluding carboxylic acids is 1. The molecule has 2 rings (SSSR count). The SMILES string of the molecule is CCC(=O)NC1CCOc2c(Cl)cc(C(N)CC)cc21. The van der Waals surface area contributed by atoms with E-state index in [0.29, 0.717) is 23.8 Å². The fourth-order valence-electron chi connectivity index (χ4n) is 2.38. The highest BCUT2D eigenvalue weighted by atomic mass is 35.5. The lowest BCUT2D eigenvalue weighted by molar-refractivity contribution is -0.121. The summed E-state index contributed by atoms with van der Waals surface area (Å²) in [5, 5.41) is 3.58. The van der Waals surface area contributed by atoms with Crippen LogP contribution in [0.25, 0.3) is 0 Å². The molecule has 0 saturated carbocycles. The zero-order valence-corrected chi connectivity index (χ0v) is 12.7. The highest BCUT2D eigenvalue weighted by Crippen LogP contribution is 2.40. The number of rotatable bonds is 4. The van der Waals surface area contributed by atoms with E-state index in [1.54, 1.807) is 0 Å². The van der Waals surface area contributed by atoms with Crippen LogP contribution in [-0.4, -0.2) is 12.5 Å². The fourth-order valence-corrected chi connectivity index (χ4v) is 2.67. The quantitative estimate of drug-likeness (QED) is 0.897. The third kappa shape index (κ3) is 3.07. The van der Waals surface area contributed by atoms with Crippen LogP contribution in [0.15, 0.2) is 12.1 Å². The Morgan fingerprint density at radius 1 is 1.55 bits per heavy atom. The number of nitrogens with one attached hydrogen (secondary N) is 1. The minimum Gasteiger partial charge on any atom is -0.492 e. The van der Waals surface area contributed by atoms with Crippen LogP contribution in [0.4, 0.5) is 0 Å². The Hall–Kier alpha value is -1.26. The molecule has 0 fully saturated rings. The van der Waals surface area contributed by atoms with Crippen molar-refractivity contribution in [2.24, 2.45) is 5.73 Å². The molecule has 20 heavy (non-hydrogen) atoms. The standard InChI is InChI=1S/C15H21ClN2O2/c1-3-12(17)9-7-10-13(18-14(19)4-2)5-6-20-15(10)11(16)8-9/h7-8,12-13H,3-6,17H2,1-2H3,(H,18,19). The van der Waals surface area contributed by atoms with Gasteiger partial charge in [-0.15, -0.1) is 0 Å². The molecule has 2 unspecified atom stereocenters. The van der Waals surface area contributed by atoms with Crippen LogP contribution in [0.3, 0.4) is 0 Å². The third-order valence-corrected chi connectivity index (χ3v) is 3.93. The molecule has 1 aliphatic heterocycles. The van der Waals surface area contributed by atoms with Crippen molar-refractivity contribution in [1.29, 1.82) is 0 Å². The van der Waals surface area contributed by atoms with Crippen molar-refractivity contribution in [3.8, 4) is 5.75 Å². The maximum Gasteiger partial charge on any atom is 0.220 e. The first kappa shape index (κ1) is 15.1. The second kappa shape index (κ2) is 6.46. The summed E-state index contributed by atoms with van der Waals surface area (Å²) in [7, 11) is 0. The highest BCUT2D eigenvalue weighted by molar-refractivity contribution is 6.32. The lowest BCUT2D eigenvalue weighted by Gasteiger charge is -2.28. The van der Waals surface area contributed by atoms with Crippen molar-refractivity contribution >= 4 is 17.5 Å². The van der Waals surface area contributed by atoms with Crippen LogP contribution in [0.1, 0.15) is 56.3 Å². The summed E-state index contributed by atoms with van der Waals surface area (Å²) in [6.07, 6.45) is 2.05. The topological polar surface area (TPSA) is 64.3 Å². The van der Waals surface area contributed by atoms with Gasteiger partial charge in [0.2, 0.25) is 5.91 Å². The predicted octanol–water partition coefficient (Wildman–Crippen LogP) is 3.10. The number of nitrogens with two attached hydrogens (primary N) is 1. The number of carbonyl (C=O) groups is 1. The molecule has 5 heteroatoms. The Morgan fingerprint density at radius 3 is 2.95 bits per heavy atom. The van der Waals surface area contributed by atoms with E-state index in [1.807, 2.05) is 26.0 Å². The van der Waals surface area contributed by atoms with Crippen LogP contribution >= 0.6 is 11.6 Å². The van der Waals surface area contributed by atoms with E-state index in [-0.39, 0.29) is 18.0 Å². The number of hydrogen-bond donors (Lipinski definition) is 2. The van der Waals surface area contributed by atoms with Crippen molar-refractivity contribution in [3.63, 3.8) is 0 Å². The van der Waals surface area contributed by atoms with Crippen LogP contribution < -0.4 is 15.8 Å². The number of hydrogen-bond acceptors (Lipinski definition) is 3. The van der Waals surface area contributed by atoms with Gasteiger partial charge in [-0.3, -0.25) is 4.79 Å². The minimum atomic E-state index is -0.0535. The molecule has 0 aliphatic carbocycles. The molecule has 1 aliphatic rings. The van der Waals surface area contributed by atoms with E-state index in [4.69, 9.17) is 22.1 Å². The van der Waals surface area contributed by atoms with Gasteiger partial charge in [0.15, 0.2) is 0 Å². The first-order chi connectivity index (χ1) is 9.56. The normalized spacial score (nSPS) is 18.9. The number of halogens is 1. The largest absolute Gasteiger partial charge is 0.492 e. The minimum absolute atomic E-state index is 0.0316. The molecule has 1 heterocycles. The fraction of sp³-hybridized carbons (Fsp3) is 0.533. The summed E-state index contributed by atoms with van der Waals surface area (Å²) in [6.45, 7) is 4.43. The van der Waals surface area contributed by atoms with Gasteiger partial charge in [0, 0.05) is 24.4 Å². The lowest BCUT2D eigenvalue weighted by Crippen LogP contribution is -2.32. The maximum atomic E-state index is 11.6. The Morgan fingerprint density at radius 2 is 2.30 bits per heavy atom. The molecule has 2 atom stereocenters. The Labute approximate surface area is 124 Å². The molecular weight excluding hydrogens is 276 g/mol. The zero-order chi connectivity index (χ0) is 14.7. The van der Waals surface area contributed by atoms with Crippen LogP contribution in [-0.2, 0) is 4.79 Å². The van der Waals surface area contributed by atoms with Crippen molar-refractivity contribution in [2.45, 2.75) is 45.2 Å². The third-order valence-electron chi connectivity index (χ3n) is 3.65. The van der Waals surface area contributed by atoms with Crippen molar-refractivity contribution in [3.05, 3.63) is 28.3 Å². The van der Waals surface area contributed by atoms with Crippen molar-refractivity contribution in [2.75, 3.05) is 6.61 Å². The first-order valence-electron chi connectivity index (χ1n) is 7.07. The molecule has 0 aromatic heterocycles. The molecular formula is C15H21ClN2O2. The molecule has 1 aromatic carbocycles. The van der Waals surface area contributed by atoms with Gasteiger partial charge in [0.05, 0.1) is 17.7 Å². The smallest absolute Gasteiger partial charge is 0.220 e. The van der Waals surface area contributed by atoms with E-state index in [0.717, 1.165) is 24.0 Å². The van der Waals surface area contributed by atoms with Gasteiger partial charge >= 0.3 is 0 Å². The number of fused-ring (bicyclic) bond motifs is 1. The lowest BCUT2D eigenvalue weighted by atomic mass is 9.95. The molecule has 0 radical (unpaired) electrons. The van der Waals surface area contributed by atoms with E-state index >= 15 is 0 Å². The van der Waals surface area contributed by atoms with Gasteiger partial charge in [0.25, 0.3) is 0 Å². The molecule has 1 aromatic rings. The molecule has 0 saturated heterocycles. The number of ether oxygens (including phenoxy) is 1. The van der Waals surface area contributed by atoms with Crippen LogP contribution in [0.2, 0.25) is 5.02 Å². The van der Waals surface area contributed by atoms with E-state index in [1.165, 1.54) is 0 Å². The Bertz CT molecular complexity index is 505. The summed E-state index contributed by atoms with van der Waals surface area (Å²) in [6, 6.07) is 3.77. The number of amides is 1. The van der Waals surface area contributed by atoms with E-state index in [2.05, 4.69) is 5.32 Å². The number of benzene rings is 1. The summed E-state index contributed by atoms with van der Waals surface area (Å²) in [5.41, 5.74) is 8.00.